The summed E-state index contributed by atoms with van der Waals surface area (Å²) in [5, 5.41) is 17.2. The Kier molecular flexibility index (Phi) is 7.30. The van der Waals surface area contributed by atoms with Gasteiger partial charge >= 0.3 is 0 Å². The van der Waals surface area contributed by atoms with Crippen LogP contribution in [-0.4, -0.2) is 61.3 Å². The van der Waals surface area contributed by atoms with Gasteiger partial charge < -0.3 is 0 Å². The molecule has 4 aromatic heterocycles. The predicted molar refractivity (Wildman–Crippen MR) is 149 cm³/mol. The van der Waals surface area contributed by atoms with E-state index in [0.29, 0.717) is 31.9 Å². The van der Waals surface area contributed by atoms with Crippen LogP contribution in [0.2, 0.25) is 10.0 Å². The Hall–Kier alpha value is -3.58. The summed E-state index contributed by atoms with van der Waals surface area (Å²) in [7, 11) is -3.46. The zero-order chi connectivity index (χ0) is 26.9. The molecule has 2 N–H and O–H groups in total. The second kappa shape index (κ2) is 10.7. The second-order valence-corrected chi connectivity index (χ2v) is 11.4. The molecular formula is C24H18Cl2N8O2S2. The summed E-state index contributed by atoms with van der Waals surface area (Å²) in [5.41, 5.74) is 4.11. The van der Waals surface area contributed by atoms with Gasteiger partial charge in [0.25, 0.3) is 0 Å². The van der Waals surface area contributed by atoms with E-state index in [-0.39, 0.29) is 10.8 Å². The molecule has 0 spiro atoms. The molecule has 0 saturated heterocycles. The fourth-order valence-corrected chi connectivity index (χ4v) is 4.88. The van der Waals surface area contributed by atoms with E-state index in [4.69, 9.17) is 23.2 Å². The maximum atomic E-state index is 11.4. The van der Waals surface area contributed by atoms with Crippen molar-refractivity contribution >= 4 is 66.9 Å². The Labute approximate surface area is 231 Å². The Balaban J connectivity index is 0.000000156. The lowest BCUT2D eigenvalue weighted by Gasteiger charge is -2.01. The van der Waals surface area contributed by atoms with Crippen molar-refractivity contribution in [2.75, 3.05) is 12.5 Å². The molecule has 14 heteroatoms. The summed E-state index contributed by atoms with van der Waals surface area (Å²) in [6.07, 6.45) is 6.19. The first kappa shape index (κ1) is 26.0. The van der Waals surface area contributed by atoms with Crippen molar-refractivity contribution in [3.63, 3.8) is 0 Å². The minimum atomic E-state index is -3.46. The molecule has 0 aliphatic carbocycles. The monoisotopic (exact) mass is 584 g/mol. The molecule has 0 bridgehead atoms. The van der Waals surface area contributed by atoms with E-state index in [1.54, 1.807) is 12.3 Å². The van der Waals surface area contributed by atoms with Crippen LogP contribution in [0, 0.1) is 0 Å². The Bertz CT molecular complexity index is 1890. The van der Waals surface area contributed by atoms with E-state index in [9.17, 15) is 8.42 Å². The normalized spacial score (nSPS) is 11.5. The number of benzene rings is 2. The topological polar surface area (TPSA) is 143 Å². The fourth-order valence-electron chi connectivity index (χ4n) is 3.59. The number of H-pyrrole nitrogens is 2. The number of rotatable bonds is 4. The second-order valence-electron chi connectivity index (χ2n) is 7.91. The lowest BCUT2D eigenvalue weighted by Crippen LogP contribution is -2.03. The highest BCUT2D eigenvalue weighted by Gasteiger charge is 2.17. The number of aromatic amines is 2. The molecule has 0 amide bonds. The van der Waals surface area contributed by atoms with Crippen molar-refractivity contribution in [3.8, 4) is 22.5 Å². The van der Waals surface area contributed by atoms with Gasteiger partial charge in [-0.3, -0.25) is 10.2 Å². The van der Waals surface area contributed by atoms with Crippen molar-refractivity contribution < 1.29 is 8.42 Å². The lowest BCUT2D eigenvalue weighted by molar-refractivity contribution is 0.593. The maximum absolute atomic E-state index is 11.4. The predicted octanol–water partition coefficient (Wildman–Crippen LogP) is 5.47. The van der Waals surface area contributed by atoms with Crippen molar-refractivity contribution in [2.45, 2.75) is 10.3 Å². The van der Waals surface area contributed by atoms with Crippen molar-refractivity contribution in [2.24, 2.45) is 0 Å². The molecular weight excluding hydrogens is 567 g/mol. The third kappa shape index (κ3) is 5.20. The molecule has 0 saturated carbocycles. The molecule has 192 valence electrons. The molecule has 4 heterocycles. The highest BCUT2D eigenvalue weighted by atomic mass is 35.5. The van der Waals surface area contributed by atoms with Crippen molar-refractivity contribution in [1.82, 2.24) is 40.3 Å². The highest BCUT2D eigenvalue weighted by molar-refractivity contribution is 7.98. The average Bonchev–Trinajstić information content (AvgIpc) is 3.53. The summed E-state index contributed by atoms with van der Waals surface area (Å²) in [5.74, 6) is 0. The lowest BCUT2D eigenvalue weighted by atomic mass is 10.1. The Morgan fingerprint density at radius 2 is 1.26 bits per heavy atom. The summed E-state index contributed by atoms with van der Waals surface area (Å²) < 4.78 is 22.8. The summed E-state index contributed by atoms with van der Waals surface area (Å²) in [6.45, 7) is 0. The maximum Gasteiger partial charge on any atom is 0.248 e. The third-order valence-corrected chi connectivity index (χ3v) is 7.46. The van der Waals surface area contributed by atoms with E-state index in [1.807, 2.05) is 48.7 Å². The standard InChI is InChI=1S/C12H9ClN4O2S.C12H9ClN4S/c1-20(18,19)12-14-6-8-10(16-17-11(8)15-12)7-4-2-3-5-9(7)13;1-18-12-14-6-8-10(16-17-11(8)15-12)7-4-2-3-5-9(7)13/h2-6H,1H3,(H,14,15,16,17);2-6H,1H3,(H,14,15,16,17). The summed E-state index contributed by atoms with van der Waals surface area (Å²) in [4.78, 5) is 16.4. The zero-order valence-electron chi connectivity index (χ0n) is 19.8. The number of aromatic nitrogens is 8. The van der Waals surface area contributed by atoms with Crippen LogP contribution in [0.15, 0.2) is 71.2 Å². The third-order valence-electron chi connectivity index (χ3n) is 5.38. The molecule has 0 aliphatic rings. The van der Waals surface area contributed by atoms with Crippen LogP contribution >= 0.6 is 35.0 Å². The minimum absolute atomic E-state index is 0.248. The van der Waals surface area contributed by atoms with Gasteiger partial charge in [0.15, 0.2) is 16.5 Å². The Morgan fingerprint density at radius 3 is 1.76 bits per heavy atom. The van der Waals surface area contributed by atoms with Crippen molar-refractivity contribution in [3.05, 3.63) is 71.0 Å². The highest BCUT2D eigenvalue weighted by Crippen LogP contribution is 2.32. The summed E-state index contributed by atoms with van der Waals surface area (Å²) >= 11 is 13.8. The smallest absolute Gasteiger partial charge is 0.248 e. The van der Waals surface area contributed by atoms with Crippen LogP contribution in [0.1, 0.15) is 0 Å². The molecule has 0 unspecified atom stereocenters. The van der Waals surface area contributed by atoms with E-state index in [1.165, 1.54) is 18.0 Å². The first-order valence-electron chi connectivity index (χ1n) is 10.9. The molecule has 6 rings (SSSR count). The molecule has 38 heavy (non-hydrogen) atoms. The van der Waals surface area contributed by atoms with Gasteiger partial charge in [0.05, 0.1) is 22.2 Å². The van der Waals surface area contributed by atoms with E-state index in [2.05, 4.69) is 40.3 Å². The number of sulfone groups is 1. The minimum Gasteiger partial charge on any atom is -0.275 e. The first-order chi connectivity index (χ1) is 18.3. The van der Waals surface area contributed by atoms with E-state index >= 15 is 0 Å². The van der Waals surface area contributed by atoms with Gasteiger partial charge in [0.2, 0.25) is 15.0 Å². The van der Waals surface area contributed by atoms with Gasteiger partial charge in [0, 0.05) is 39.8 Å². The SMILES string of the molecule is CS(=O)(=O)c1ncc2c(-c3ccccc3Cl)[nH]nc2n1.CSc1ncc2c(-c3ccccc3Cl)[nH]nc2n1. The van der Waals surface area contributed by atoms with E-state index in [0.717, 1.165) is 28.5 Å². The number of halogens is 2. The molecule has 2 aromatic carbocycles. The van der Waals surface area contributed by atoms with Crippen LogP contribution in [0.5, 0.6) is 0 Å². The molecule has 6 aromatic rings. The van der Waals surface area contributed by atoms with Gasteiger partial charge in [-0.25, -0.2) is 23.4 Å². The zero-order valence-corrected chi connectivity index (χ0v) is 23.0. The number of nitrogens with one attached hydrogen (secondary N) is 2. The quantitative estimate of drug-likeness (QED) is 0.203. The number of thioether (sulfide) groups is 1. The molecule has 0 radical (unpaired) electrons. The van der Waals surface area contributed by atoms with Crippen LogP contribution in [-0.2, 0) is 9.84 Å². The van der Waals surface area contributed by atoms with Crippen LogP contribution < -0.4 is 0 Å². The van der Waals surface area contributed by atoms with Crippen molar-refractivity contribution in [1.29, 1.82) is 0 Å². The van der Waals surface area contributed by atoms with Gasteiger partial charge in [-0.1, -0.05) is 71.4 Å². The Morgan fingerprint density at radius 1 is 0.763 bits per heavy atom. The van der Waals surface area contributed by atoms with E-state index < -0.39 is 9.84 Å². The van der Waals surface area contributed by atoms with Crippen LogP contribution in [0.4, 0.5) is 0 Å². The molecule has 0 fully saturated rings. The van der Waals surface area contributed by atoms with Crippen LogP contribution in [0.25, 0.3) is 44.6 Å². The van der Waals surface area contributed by atoms with Gasteiger partial charge in [-0.15, -0.1) is 0 Å². The summed E-state index contributed by atoms with van der Waals surface area (Å²) in [6, 6.07) is 14.9. The first-order valence-corrected chi connectivity index (χ1v) is 14.8. The fraction of sp³-hybridized carbons (Fsp3) is 0.0833. The van der Waals surface area contributed by atoms with Crippen LogP contribution in [0.3, 0.4) is 0 Å². The van der Waals surface area contributed by atoms with Gasteiger partial charge in [0.1, 0.15) is 0 Å². The number of nitrogens with zero attached hydrogens (tertiary/aromatic N) is 6. The van der Waals surface area contributed by atoms with Gasteiger partial charge in [-0.05, 0) is 18.4 Å². The molecule has 0 atom stereocenters. The largest absolute Gasteiger partial charge is 0.275 e. The molecule has 10 nitrogen and oxygen atoms in total. The average molecular weight is 586 g/mol. The number of hydrogen-bond donors (Lipinski definition) is 2. The number of hydrogen-bond acceptors (Lipinski definition) is 9. The number of fused-ring (bicyclic) bond motifs is 2. The van der Waals surface area contributed by atoms with Gasteiger partial charge in [-0.2, -0.15) is 15.2 Å². The molecule has 0 aliphatic heterocycles.